The maximum Gasteiger partial charge on any atom is 0.221 e. The van der Waals surface area contributed by atoms with Crippen molar-refractivity contribution in [3.8, 4) is 11.3 Å². The summed E-state index contributed by atoms with van der Waals surface area (Å²) in [6.07, 6.45) is 5.38. The Bertz CT molecular complexity index is 1090. The van der Waals surface area contributed by atoms with Crippen LogP contribution in [0.1, 0.15) is 51.9 Å². The maximum atomic E-state index is 6.14. The summed E-state index contributed by atoms with van der Waals surface area (Å²) in [5.74, 6) is 0.347. The molecule has 0 aliphatic heterocycles. The smallest absolute Gasteiger partial charge is 0.221 e. The molecule has 0 atom stereocenters. The molecule has 1 aromatic heterocycles. The first-order valence-electron chi connectivity index (χ1n) is 9.94. The zero-order valence-electron chi connectivity index (χ0n) is 17.1. The van der Waals surface area contributed by atoms with Gasteiger partial charge in [0.1, 0.15) is 0 Å². The molecule has 0 radical (unpaired) electrons. The molecular formula is C25H27N3. The van der Waals surface area contributed by atoms with E-state index in [1.807, 2.05) is 0 Å². The molecule has 4 rings (SSSR count). The highest BCUT2D eigenvalue weighted by Crippen LogP contribution is 2.37. The third-order valence-corrected chi connectivity index (χ3v) is 5.85. The molecule has 1 heterocycles. The van der Waals surface area contributed by atoms with Crippen molar-refractivity contribution in [1.82, 2.24) is 9.97 Å². The van der Waals surface area contributed by atoms with E-state index in [1.165, 1.54) is 39.0 Å². The van der Waals surface area contributed by atoms with Gasteiger partial charge in [0.2, 0.25) is 5.95 Å². The lowest BCUT2D eigenvalue weighted by atomic mass is 9.87. The number of nitrogen functional groups attached to an aromatic ring is 1. The third-order valence-electron chi connectivity index (χ3n) is 5.85. The quantitative estimate of drug-likeness (QED) is 0.618. The molecule has 0 bridgehead atoms. The second kappa shape index (κ2) is 7.23. The van der Waals surface area contributed by atoms with Crippen molar-refractivity contribution in [3.05, 3.63) is 75.5 Å². The van der Waals surface area contributed by atoms with E-state index in [-0.39, 0.29) is 0 Å². The number of allylic oxidation sites excluding steroid dienone is 1. The van der Waals surface area contributed by atoms with Gasteiger partial charge in [-0.2, -0.15) is 0 Å². The first kappa shape index (κ1) is 18.4. The molecule has 0 amide bonds. The summed E-state index contributed by atoms with van der Waals surface area (Å²) in [5.41, 5.74) is 18.1. The minimum Gasteiger partial charge on any atom is -0.368 e. The molecular weight excluding hydrogens is 342 g/mol. The van der Waals surface area contributed by atoms with Crippen molar-refractivity contribution in [2.45, 2.75) is 47.0 Å². The summed E-state index contributed by atoms with van der Waals surface area (Å²) in [7, 11) is 0. The van der Waals surface area contributed by atoms with Crippen LogP contribution in [0.4, 0.5) is 5.95 Å². The Hall–Kier alpha value is -2.94. The van der Waals surface area contributed by atoms with Gasteiger partial charge in [0.15, 0.2) is 0 Å². The van der Waals surface area contributed by atoms with Crippen molar-refractivity contribution in [1.29, 1.82) is 0 Å². The van der Waals surface area contributed by atoms with E-state index in [1.54, 1.807) is 0 Å². The SMILES string of the molecule is Cc1ccc(/C=C2\CCCc3c2nc(N)nc3-c2ccc(C)c(C)c2)cc1C. The number of nitrogens with two attached hydrogens (primary N) is 1. The predicted molar refractivity (Wildman–Crippen MR) is 118 cm³/mol. The number of anilines is 1. The van der Waals surface area contributed by atoms with Crippen LogP contribution in [-0.2, 0) is 6.42 Å². The summed E-state index contributed by atoms with van der Waals surface area (Å²) >= 11 is 0. The topological polar surface area (TPSA) is 51.8 Å². The third kappa shape index (κ3) is 3.45. The molecule has 28 heavy (non-hydrogen) atoms. The van der Waals surface area contributed by atoms with Crippen molar-refractivity contribution < 1.29 is 0 Å². The van der Waals surface area contributed by atoms with Gasteiger partial charge in [0, 0.05) is 11.1 Å². The van der Waals surface area contributed by atoms with E-state index in [2.05, 4.69) is 80.1 Å². The summed E-state index contributed by atoms with van der Waals surface area (Å²) in [4.78, 5) is 9.29. The van der Waals surface area contributed by atoms with Crippen LogP contribution >= 0.6 is 0 Å². The fourth-order valence-electron chi connectivity index (χ4n) is 3.90. The standard InChI is InChI=1S/C25H27N3/c1-15-8-10-19(12-17(15)3)14-20-6-5-7-22-23(20)27-25(26)28-24(22)21-11-9-16(2)18(4)13-21/h8-14H,5-7H2,1-4H3,(H2,26,27,28)/b20-14+. The Morgan fingerprint density at radius 3 is 2.18 bits per heavy atom. The van der Waals surface area contributed by atoms with Gasteiger partial charge >= 0.3 is 0 Å². The van der Waals surface area contributed by atoms with Crippen molar-refractivity contribution in [3.63, 3.8) is 0 Å². The number of aromatic nitrogens is 2. The fourth-order valence-corrected chi connectivity index (χ4v) is 3.90. The van der Waals surface area contributed by atoms with Crippen LogP contribution in [0, 0.1) is 27.7 Å². The van der Waals surface area contributed by atoms with E-state index in [9.17, 15) is 0 Å². The molecule has 2 N–H and O–H groups in total. The zero-order chi connectivity index (χ0) is 19.8. The first-order chi connectivity index (χ1) is 13.4. The van der Waals surface area contributed by atoms with Crippen molar-refractivity contribution >= 4 is 17.6 Å². The molecule has 3 heteroatoms. The Labute approximate surface area is 167 Å². The van der Waals surface area contributed by atoms with E-state index in [0.29, 0.717) is 5.95 Å². The Balaban J connectivity index is 1.85. The summed E-state index contributed by atoms with van der Waals surface area (Å²) < 4.78 is 0. The molecule has 3 aromatic rings. The molecule has 0 unspecified atom stereocenters. The monoisotopic (exact) mass is 369 g/mol. The Morgan fingerprint density at radius 2 is 1.46 bits per heavy atom. The summed E-state index contributed by atoms with van der Waals surface area (Å²) in [6, 6.07) is 13.1. The predicted octanol–water partition coefficient (Wildman–Crippen LogP) is 5.84. The second-order valence-corrected chi connectivity index (χ2v) is 7.92. The molecule has 1 aliphatic rings. The van der Waals surface area contributed by atoms with Gasteiger partial charge in [0.05, 0.1) is 11.4 Å². The van der Waals surface area contributed by atoms with Gasteiger partial charge in [-0.15, -0.1) is 0 Å². The fraction of sp³-hybridized carbons (Fsp3) is 0.280. The van der Waals surface area contributed by atoms with Crippen LogP contribution in [0.3, 0.4) is 0 Å². The Morgan fingerprint density at radius 1 is 0.786 bits per heavy atom. The first-order valence-corrected chi connectivity index (χ1v) is 9.94. The number of nitrogens with zero attached hydrogens (tertiary/aromatic N) is 2. The molecule has 3 nitrogen and oxygen atoms in total. The van der Waals surface area contributed by atoms with E-state index < -0.39 is 0 Å². The number of aryl methyl sites for hydroxylation is 4. The minimum absolute atomic E-state index is 0.347. The van der Waals surface area contributed by atoms with Gasteiger partial charge in [-0.3, -0.25) is 0 Å². The maximum absolute atomic E-state index is 6.14. The number of rotatable bonds is 2. The number of benzene rings is 2. The van der Waals surface area contributed by atoms with E-state index >= 15 is 0 Å². The normalized spacial score (nSPS) is 14.9. The highest BCUT2D eigenvalue weighted by Gasteiger charge is 2.22. The average molecular weight is 370 g/mol. The van der Waals surface area contributed by atoms with E-state index in [0.717, 1.165) is 36.2 Å². The Kier molecular flexibility index (Phi) is 4.76. The van der Waals surface area contributed by atoms with Gasteiger partial charge in [0.25, 0.3) is 0 Å². The lowest BCUT2D eigenvalue weighted by Gasteiger charge is -2.21. The molecule has 1 aliphatic carbocycles. The largest absolute Gasteiger partial charge is 0.368 e. The lowest BCUT2D eigenvalue weighted by Crippen LogP contribution is -2.11. The number of hydrogen-bond donors (Lipinski definition) is 1. The summed E-state index contributed by atoms with van der Waals surface area (Å²) in [6.45, 7) is 8.57. The second-order valence-electron chi connectivity index (χ2n) is 7.92. The van der Waals surface area contributed by atoms with E-state index in [4.69, 9.17) is 5.73 Å². The minimum atomic E-state index is 0.347. The van der Waals surface area contributed by atoms with Crippen LogP contribution in [0.15, 0.2) is 36.4 Å². The molecule has 2 aromatic carbocycles. The van der Waals surface area contributed by atoms with Gasteiger partial charge in [-0.1, -0.05) is 30.3 Å². The average Bonchev–Trinajstić information content (AvgIpc) is 2.67. The molecule has 0 saturated heterocycles. The van der Waals surface area contributed by atoms with Gasteiger partial charge in [-0.05, 0) is 92.5 Å². The van der Waals surface area contributed by atoms with Crippen LogP contribution in [0.2, 0.25) is 0 Å². The van der Waals surface area contributed by atoms with Crippen molar-refractivity contribution in [2.24, 2.45) is 0 Å². The van der Waals surface area contributed by atoms with Crippen LogP contribution in [0.5, 0.6) is 0 Å². The molecule has 0 fully saturated rings. The van der Waals surface area contributed by atoms with Crippen LogP contribution in [-0.4, -0.2) is 9.97 Å². The van der Waals surface area contributed by atoms with Gasteiger partial charge in [-0.25, -0.2) is 9.97 Å². The number of fused-ring (bicyclic) bond motifs is 1. The zero-order valence-corrected chi connectivity index (χ0v) is 17.1. The van der Waals surface area contributed by atoms with Crippen molar-refractivity contribution in [2.75, 3.05) is 5.73 Å². The molecule has 0 saturated carbocycles. The molecule has 0 spiro atoms. The van der Waals surface area contributed by atoms with Crippen LogP contribution < -0.4 is 5.73 Å². The molecule has 142 valence electrons. The lowest BCUT2D eigenvalue weighted by molar-refractivity contribution is 0.806. The van der Waals surface area contributed by atoms with Crippen LogP contribution in [0.25, 0.3) is 22.9 Å². The highest BCUT2D eigenvalue weighted by atomic mass is 15.0. The van der Waals surface area contributed by atoms with Gasteiger partial charge < -0.3 is 5.73 Å². The highest BCUT2D eigenvalue weighted by molar-refractivity contribution is 5.85. The number of hydrogen-bond acceptors (Lipinski definition) is 3. The summed E-state index contributed by atoms with van der Waals surface area (Å²) in [5, 5.41) is 0.